The lowest BCUT2D eigenvalue weighted by atomic mass is 9.68. The molecule has 0 radical (unpaired) electrons. The van der Waals surface area contributed by atoms with Crippen LogP contribution in [0.2, 0.25) is 0 Å². The smallest absolute Gasteiger partial charge is 0.339 e. The van der Waals surface area contributed by atoms with E-state index in [2.05, 4.69) is 26.1 Å². The Bertz CT molecular complexity index is 1200. The number of benzene rings is 2. The Morgan fingerprint density at radius 3 is 2.61 bits per heavy atom. The van der Waals surface area contributed by atoms with Gasteiger partial charge in [0.05, 0.1) is 11.1 Å². The van der Waals surface area contributed by atoms with Crippen LogP contribution >= 0.6 is 0 Å². The molecular weight excluding hydrogens is 412 g/mol. The van der Waals surface area contributed by atoms with Gasteiger partial charge in [0.2, 0.25) is 0 Å². The van der Waals surface area contributed by atoms with E-state index in [9.17, 15) is 9.59 Å². The zero-order chi connectivity index (χ0) is 23.6. The van der Waals surface area contributed by atoms with Gasteiger partial charge in [0.25, 0.3) is 5.91 Å². The fourth-order valence-electron chi connectivity index (χ4n) is 4.68. The largest absolute Gasteiger partial charge is 0.452 e. The third-order valence-corrected chi connectivity index (χ3v) is 7.23. The molecule has 4 rings (SSSR count). The van der Waals surface area contributed by atoms with E-state index >= 15 is 0 Å². The number of esters is 1. The number of para-hydroxylation sites is 2. The summed E-state index contributed by atoms with van der Waals surface area (Å²) in [6.45, 7) is 8.40. The topological polar surface area (TPSA) is 68.3 Å². The molecule has 1 aliphatic carbocycles. The first-order valence-corrected chi connectivity index (χ1v) is 11.7. The third-order valence-electron chi connectivity index (χ3n) is 7.23. The Hall–Kier alpha value is -3.21. The van der Waals surface area contributed by atoms with Crippen molar-refractivity contribution in [1.29, 1.82) is 0 Å². The number of aryl methyl sites for hydroxylation is 2. The van der Waals surface area contributed by atoms with E-state index in [1.807, 2.05) is 55.5 Å². The molecule has 0 saturated carbocycles. The van der Waals surface area contributed by atoms with E-state index in [1.165, 1.54) is 0 Å². The normalized spacial score (nSPS) is 15.7. The maximum absolute atomic E-state index is 13.4. The van der Waals surface area contributed by atoms with Gasteiger partial charge in [0, 0.05) is 16.8 Å². The molecule has 3 aromatic rings. The molecule has 5 heteroatoms. The number of carbonyl (C=O) groups excluding carboxylic acids is 2. The summed E-state index contributed by atoms with van der Waals surface area (Å²) in [6, 6.07) is 15.2. The molecule has 33 heavy (non-hydrogen) atoms. The Balaban J connectivity index is 1.61. The molecule has 0 saturated heterocycles. The first-order valence-electron chi connectivity index (χ1n) is 11.7. The Labute approximate surface area is 195 Å². The number of nitrogens with one attached hydrogen (secondary N) is 1. The number of aromatic nitrogens is 1. The molecule has 172 valence electrons. The minimum Gasteiger partial charge on any atom is -0.452 e. The molecule has 1 unspecified atom stereocenters. The van der Waals surface area contributed by atoms with Gasteiger partial charge in [-0.3, -0.25) is 9.78 Å². The number of carbonyl (C=O) groups is 2. The quantitative estimate of drug-likeness (QED) is 0.482. The van der Waals surface area contributed by atoms with Crippen molar-refractivity contribution in [2.75, 3.05) is 11.9 Å². The zero-order valence-electron chi connectivity index (χ0n) is 19.9. The summed E-state index contributed by atoms with van der Waals surface area (Å²) in [5.74, 6) is -0.344. The maximum Gasteiger partial charge on any atom is 0.339 e. The van der Waals surface area contributed by atoms with Gasteiger partial charge >= 0.3 is 5.97 Å². The molecule has 1 aliphatic rings. The van der Waals surface area contributed by atoms with Gasteiger partial charge in [-0.05, 0) is 60.8 Å². The second kappa shape index (κ2) is 9.34. The van der Waals surface area contributed by atoms with Gasteiger partial charge in [-0.25, -0.2) is 4.79 Å². The van der Waals surface area contributed by atoms with Crippen LogP contribution in [-0.2, 0) is 22.4 Å². The summed E-state index contributed by atoms with van der Waals surface area (Å²) in [5.41, 5.74) is 5.17. The molecule has 1 heterocycles. The summed E-state index contributed by atoms with van der Waals surface area (Å²) in [6.07, 6.45) is 3.79. The molecular formula is C28H32N2O3. The van der Waals surface area contributed by atoms with Crippen molar-refractivity contribution < 1.29 is 14.3 Å². The SMILES string of the molecule is CCC(C)(C)C1CCc2nc3ccccc3c(C(=O)OCC(=O)Nc3ccccc3C)c2C1. The van der Waals surface area contributed by atoms with E-state index < -0.39 is 5.97 Å². The number of ether oxygens (including phenoxy) is 1. The van der Waals surface area contributed by atoms with E-state index in [1.54, 1.807) is 0 Å². The Kier molecular flexibility index (Phi) is 6.50. The number of fused-ring (bicyclic) bond motifs is 2. The molecule has 0 fully saturated rings. The van der Waals surface area contributed by atoms with Gasteiger partial charge in [0.1, 0.15) is 0 Å². The highest BCUT2D eigenvalue weighted by Gasteiger charge is 2.34. The number of hydrogen-bond donors (Lipinski definition) is 1. The maximum atomic E-state index is 13.4. The number of rotatable bonds is 6. The summed E-state index contributed by atoms with van der Waals surface area (Å²) in [7, 11) is 0. The van der Waals surface area contributed by atoms with Crippen molar-refractivity contribution >= 4 is 28.5 Å². The minimum absolute atomic E-state index is 0.179. The van der Waals surface area contributed by atoms with E-state index in [-0.39, 0.29) is 17.9 Å². The Morgan fingerprint density at radius 1 is 1.12 bits per heavy atom. The van der Waals surface area contributed by atoms with Crippen LogP contribution in [0.4, 0.5) is 5.69 Å². The van der Waals surface area contributed by atoms with Crippen LogP contribution in [0.3, 0.4) is 0 Å². The summed E-state index contributed by atoms with van der Waals surface area (Å²) in [5, 5.41) is 3.61. The highest BCUT2D eigenvalue weighted by Crippen LogP contribution is 2.41. The molecule has 0 bridgehead atoms. The van der Waals surface area contributed by atoms with Crippen LogP contribution in [0.15, 0.2) is 48.5 Å². The molecule has 5 nitrogen and oxygen atoms in total. The van der Waals surface area contributed by atoms with Crippen LogP contribution in [0, 0.1) is 18.3 Å². The molecule has 2 aromatic carbocycles. The third kappa shape index (κ3) is 4.77. The lowest BCUT2D eigenvalue weighted by Gasteiger charge is -2.37. The van der Waals surface area contributed by atoms with Crippen molar-refractivity contribution in [1.82, 2.24) is 4.98 Å². The van der Waals surface area contributed by atoms with Crippen LogP contribution in [0.5, 0.6) is 0 Å². The van der Waals surface area contributed by atoms with Crippen molar-refractivity contribution in [2.24, 2.45) is 11.3 Å². The summed E-state index contributed by atoms with van der Waals surface area (Å²) >= 11 is 0. The van der Waals surface area contributed by atoms with Crippen LogP contribution in [0.25, 0.3) is 10.9 Å². The van der Waals surface area contributed by atoms with Crippen molar-refractivity contribution in [3.05, 3.63) is 70.9 Å². The van der Waals surface area contributed by atoms with Crippen LogP contribution in [-0.4, -0.2) is 23.5 Å². The van der Waals surface area contributed by atoms with Crippen molar-refractivity contribution in [3.8, 4) is 0 Å². The molecule has 1 atom stereocenters. The number of nitrogens with zero attached hydrogens (tertiary/aromatic N) is 1. The van der Waals surface area contributed by atoms with E-state index in [4.69, 9.17) is 9.72 Å². The monoisotopic (exact) mass is 444 g/mol. The number of amides is 1. The molecule has 1 aromatic heterocycles. The van der Waals surface area contributed by atoms with Gasteiger partial charge in [-0.2, -0.15) is 0 Å². The second-order valence-corrected chi connectivity index (χ2v) is 9.65. The molecule has 1 N–H and O–H groups in total. The van der Waals surface area contributed by atoms with Gasteiger partial charge in [-0.15, -0.1) is 0 Å². The lowest BCUT2D eigenvalue weighted by Crippen LogP contribution is -2.31. The summed E-state index contributed by atoms with van der Waals surface area (Å²) in [4.78, 5) is 30.7. The van der Waals surface area contributed by atoms with E-state index in [0.29, 0.717) is 11.5 Å². The predicted octanol–water partition coefficient (Wildman–Crippen LogP) is 5.88. The predicted molar refractivity (Wildman–Crippen MR) is 131 cm³/mol. The average Bonchev–Trinajstić information content (AvgIpc) is 2.82. The van der Waals surface area contributed by atoms with Crippen LogP contribution in [0.1, 0.15) is 60.8 Å². The fraction of sp³-hybridized carbons (Fsp3) is 0.393. The fourth-order valence-corrected chi connectivity index (χ4v) is 4.68. The molecule has 0 aliphatic heterocycles. The number of pyridine rings is 1. The minimum atomic E-state index is -0.459. The standard InChI is InChI=1S/C28H32N2O3/c1-5-28(3,4)19-14-15-24-21(16-19)26(20-11-7-9-13-23(20)29-24)27(32)33-17-25(31)30-22-12-8-6-10-18(22)2/h6-13,19H,5,14-17H2,1-4H3,(H,30,31). The van der Waals surface area contributed by atoms with Crippen molar-refractivity contribution in [2.45, 2.75) is 53.4 Å². The first-order chi connectivity index (χ1) is 15.8. The zero-order valence-corrected chi connectivity index (χ0v) is 19.9. The number of hydrogen-bond acceptors (Lipinski definition) is 4. The van der Waals surface area contributed by atoms with Crippen molar-refractivity contribution in [3.63, 3.8) is 0 Å². The van der Waals surface area contributed by atoms with Crippen LogP contribution < -0.4 is 5.32 Å². The van der Waals surface area contributed by atoms with Gasteiger partial charge in [-0.1, -0.05) is 63.6 Å². The highest BCUT2D eigenvalue weighted by atomic mass is 16.5. The molecule has 1 amide bonds. The van der Waals surface area contributed by atoms with E-state index in [0.717, 1.165) is 59.1 Å². The first kappa shape index (κ1) is 23.0. The highest BCUT2D eigenvalue weighted by molar-refractivity contribution is 6.06. The summed E-state index contributed by atoms with van der Waals surface area (Å²) < 4.78 is 5.54. The Morgan fingerprint density at radius 2 is 1.85 bits per heavy atom. The average molecular weight is 445 g/mol. The molecule has 0 spiro atoms. The lowest BCUT2D eigenvalue weighted by molar-refractivity contribution is -0.119. The number of anilines is 1. The van der Waals surface area contributed by atoms with Gasteiger partial charge in [0.15, 0.2) is 6.61 Å². The second-order valence-electron chi connectivity index (χ2n) is 9.65. The van der Waals surface area contributed by atoms with Gasteiger partial charge < -0.3 is 10.1 Å².